The molecule has 1 saturated carbocycles. The largest absolute Gasteiger partial charge is 0.365 e. The molecule has 1 aliphatic carbocycles. The molecule has 1 aromatic heterocycles. The maximum atomic E-state index is 14.0. The predicted octanol–water partition coefficient (Wildman–Crippen LogP) is 3.48. The minimum absolute atomic E-state index is 0.0362. The topological polar surface area (TPSA) is 58.4 Å². The van der Waals surface area contributed by atoms with Crippen LogP contribution in [0.3, 0.4) is 0 Å². The fourth-order valence-electron chi connectivity index (χ4n) is 4.39. The first-order valence-electron chi connectivity index (χ1n) is 10.7. The molecule has 1 amide bonds. The SMILES string of the molecule is O=C(C1CC1c1ccccc1F)N1CCN(c2cnn(-c3ccccc3)c(=O)c2Cl)CC1. The maximum Gasteiger partial charge on any atom is 0.292 e. The van der Waals surface area contributed by atoms with Crippen LogP contribution in [-0.2, 0) is 4.79 Å². The van der Waals surface area contributed by atoms with Crippen LogP contribution < -0.4 is 10.5 Å². The molecule has 2 atom stereocenters. The van der Waals surface area contributed by atoms with E-state index in [4.69, 9.17) is 11.6 Å². The minimum atomic E-state index is -0.375. The van der Waals surface area contributed by atoms with E-state index >= 15 is 0 Å². The number of benzene rings is 2. The molecule has 2 aliphatic rings. The van der Waals surface area contributed by atoms with Crippen LogP contribution in [0.5, 0.6) is 0 Å². The van der Waals surface area contributed by atoms with Gasteiger partial charge < -0.3 is 9.80 Å². The third kappa shape index (κ3) is 3.77. The van der Waals surface area contributed by atoms with Crippen LogP contribution in [0.25, 0.3) is 5.69 Å². The Morgan fingerprint density at radius 1 is 1.00 bits per heavy atom. The Morgan fingerprint density at radius 2 is 1.69 bits per heavy atom. The molecule has 2 unspecified atom stereocenters. The zero-order chi connectivity index (χ0) is 22.2. The number of hydrogen-bond acceptors (Lipinski definition) is 4. The van der Waals surface area contributed by atoms with Crippen LogP contribution in [0, 0.1) is 11.7 Å². The number of carbonyl (C=O) groups is 1. The van der Waals surface area contributed by atoms with Crippen LogP contribution in [-0.4, -0.2) is 46.8 Å². The van der Waals surface area contributed by atoms with Crippen LogP contribution in [0.2, 0.25) is 5.02 Å². The van der Waals surface area contributed by atoms with Crippen molar-refractivity contribution in [3.8, 4) is 5.69 Å². The molecule has 2 heterocycles. The number of para-hydroxylation sites is 1. The van der Waals surface area contributed by atoms with Crippen molar-refractivity contribution in [3.05, 3.63) is 87.6 Å². The Hall–Kier alpha value is -3.19. The quantitative estimate of drug-likeness (QED) is 0.608. The summed E-state index contributed by atoms with van der Waals surface area (Å²) >= 11 is 6.41. The number of hydrogen-bond donors (Lipinski definition) is 0. The van der Waals surface area contributed by atoms with Crippen molar-refractivity contribution >= 4 is 23.2 Å². The summed E-state index contributed by atoms with van der Waals surface area (Å²) < 4.78 is 15.3. The summed E-state index contributed by atoms with van der Waals surface area (Å²) in [4.78, 5) is 29.5. The first kappa shape index (κ1) is 20.7. The van der Waals surface area contributed by atoms with Crippen molar-refractivity contribution in [3.63, 3.8) is 0 Å². The summed E-state index contributed by atoms with van der Waals surface area (Å²) in [6, 6.07) is 15.8. The summed E-state index contributed by atoms with van der Waals surface area (Å²) in [5.74, 6) is -0.365. The molecule has 0 bridgehead atoms. The second-order valence-electron chi connectivity index (χ2n) is 8.18. The van der Waals surface area contributed by atoms with Gasteiger partial charge in [-0.3, -0.25) is 9.59 Å². The molecule has 2 aromatic carbocycles. The number of amides is 1. The van der Waals surface area contributed by atoms with Crippen LogP contribution >= 0.6 is 11.6 Å². The Labute approximate surface area is 189 Å². The number of piperazine rings is 1. The van der Waals surface area contributed by atoms with Crippen LogP contribution in [0.4, 0.5) is 10.1 Å². The third-order valence-electron chi connectivity index (χ3n) is 6.25. The first-order chi connectivity index (χ1) is 15.5. The summed E-state index contributed by atoms with van der Waals surface area (Å²) in [5.41, 5.74) is 1.47. The number of carbonyl (C=O) groups excluding carboxylic acids is 1. The van der Waals surface area contributed by atoms with E-state index in [1.165, 1.54) is 10.7 Å². The lowest BCUT2D eigenvalue weighted by Crippen LogP contribution is -2.49. The average Bonchev–Trinajstić information content (AvgIpc) is 3.62. The molecule has 0 N–H and O–H groups in total. The Balaban J connectivity index is 1.25. The fourth-order valence-corrected chi connectivity index (χ4v) is 4.64. The van der Waals surface area contributed by atoms with Crippen molar-refractivity contribution in [1.82, 2.24) is 14.7 Å². The molecular weight excluding hydrogens is 431 g/mol. The zero-order valence-electron chi connectivity index (χ0n) is 17.3. The number of anilines is 1. The van der Waals surface area contributed by atoms with E-state index in [0.29, 0.717) is 49.5 Å². The molecule has 164 valence electrons. The molecule has 8 heteroatoms. The van der Waals surface area contributed by atoms with Gasteiger partial charge in [-0.05, 0) is 36.1 Å². The number of halogens is 2. The summed E-state index contributed by atoms with van der Waals surface area (Å²) in [5, 5.41) is 4.41. The van der Waals surface area contributed by atoms with E-state index in [9.17, 15) is 14.0 Å². The summed E-state index contributed by atoms with van der Waals surface area (Å²) in [6.07, 6.45) is 2.29. The van der Waals surface area contributed by atoms with Gasteiger partial charge in [-0.2, -0.15) is 9.78 Å². The molecular formula is C24H22ClFN4O2. The highest BCUT2D eigenvalue weighted by Crippen LogP contribution is 2.49. The lowest BCUT2D eigenvalue weighted by atomic mass is 10.1. The molecule has 32 heavy (non-hydrogen) atoms. The average molecular weight is 453 g/mol. The Morgan fingerprint density at radius 3 is 2.41 bits per heavy atom. The zero-order valence-corrected chi connectivity index (χ0v) is 18.1. The predicted molar refractivity (Wildman–Crippen MR) is 121 cm³/mol. The normalized spacial score (nSPS) is 20.3. The fraction of sp³-hybridized carbons (Fsp3) is 0.292. The monoisotopic (exact) mass is 452 g/mol. The van der Waals surface area contributed by atoms with Crippen molar-refractivity contribution in [2.24, 2.45) is 5.92 Å². The lowest BCUT2D eigenvalue weighted by molar-refractivity contribution is -0.132. The summed E-state index contributed by atoms with van der Waals surface area (Å²) in [6.45, 7) is 2.16. The Bertz CT molecular complexity index is 1210. The van der Waals surface area contributed by atoms with Crippen molar-refractivity contribution in [2.45, 2.75) is 12.3 Å². The van der Waals surface area contributed by atoms with E-state index in [0.717, 1.165) is 0 Å². The molecule has 5 rings (SSSR count). The second kappa shape index (κ2) is 8.39. The molecule has 1 saturated heterocycles. The second-order valence-corrected chi connectivity index (χ2v) is 8.56. The van der Waals surface area contributed by atoms with Gasteiger partial charge in [0.1, 0.15) is 10.8 Å². The smallest absolute Gasteiger partial charge is 0.292 e. The van der Waals surface area contributed by atoms with E-state index in [1.54, 1.807) is 36.5 Å². The molecule has 6 nitrogen and oxygen atoms in total. The van der Waals surface area contributed by atoms with Crippen molar-refractivity contribution < 1.29 is 9.18 Å². The lowest BCUT2D eigenvalue weighted by Gasteiger charge is -2.36. The van der Waals surface area contributed by atoms with E-state index in [1.807, 2.05) is 28.0 Å². The van der Waals surface area contributed by atoms with Crippen LogP contribution in [0.15, 0.2) is 65.6 Å². The third-order valence-corrected chi connectivity index (χ3v) is 6.60. The molecule has 0 spiro atoms. The maximum absolute atomic E-state index is 14.0. The summed E-state index contributed by atoms with van der Waals surface area (Å²) in [7, 11) is 0. The first-order valence-corrected chi connectivity index (χ1v) is 11.0. The minimum Gasteiger partial charge on any atom is -0.365 e. The van der Waals surface area contributed by atoms with Gasteiger partial charge >= 0.3 is 0 Å². The molecule has 1 aliphatic heterocycles. The number of rotatable bonds is 4. The van der Waals surface area contributed by atoms with Gasteiger partial charge in [0.2, 0.25) is 5.91 Å². The van der Waals surface area contributed by atoms with Gasteiger partial charge in [-0.1, -0.05) is 48.0 Å². The van der Waals surface area contributed by atoms with Crippen LogP contribution in [0.1, 0.15) is 17.9 Å². The van der Waals surface area contributed by atoms with Gasteiger partial charge in [-0.15, -0.1) is 0 Å². The number of aromatic nitrogens is 2. The highest BCUT2D eigenvalue weighted by molar-refractivity contribution is 6.33. The van der Waals surface area contributed by atoms with Crippen molar-refractivity contribution in [2.75, 3.05) is 31.1 Å². The van der Waals surface area contributed by atoms with E-state index in [2.05, 4.69) is 5.10 Å². The highest BCUT2D eigenvalue weighted by atomic mass is 35.5. The van der Waals surface area contributed by atoms with Gasteiger partial charge in [0, 0.05) is 32.1 Å². The molecule has 3 aromatic rings. The molecule has 2 fully saturated rings. The van der Waals surface area contributed by atoms with Gasteiger partial charge in [-0.25, -0.2) is 4.39 Å². The van der Waals surface area contributed by atoms with E-state index in [-0.39, 0.29) is 34.1 Å². The van der Waals surface area contributed by atoms with Crippen molar-refractivity contribution in [1.29, 1.82) is 0 Å². The standard InChI is InChI=1S/C24H22ClFN4O2/c25-22-21(15-27-30(24(22)32)16-6-2-1-3-7-16)28-10-12-29(13-11-28)23(31)19-14-18(19)17-8-4-5-9-20(17)26/h1-9,15,18-19H,10-14H2. The van der Waals surface area contributed by atoms with Gasteiger partial charge in [0.15, 0.2) is 0 Å². The van der Waals surface area contributed by atoms with E-state index < -0.39 is 0 Å². The number of nitrogens with zero attached hydrogens (tertiary/aromatic N) is 4. The highest BCUT2D eigenvalue weighted by Gasteiger charge is 2.47. The van der Waals surface area contributed by atoms with Gasteiger partial charge in [0.25, 0.3) is 5.56 Å². The van der Waals surface area contributed by atoms with Gasteiger partial charge in [0.05, 0.1) is 17.6 Å². The Kier molecular flexibility index (Phi) is 5.43. The molecule has 0 radical (unpaired) electrons.